The summed E-state index contributed by atoms with van der Waals surface area (Å²) in [5, 5.41) is 12.2. The lowest BCUT2D eigenvalue weighted by atomic mass is 10.1. The summed E-state index contributed by atoms with van der Waals surface area (Å²) in [6.45, 7) is 3.55. The van der Waals surface area contributed by atoms with Gasteiger partial charge >= 0.3 is 0 Å². The summed E-state index contributed by atoms with van der Waals surface area (Å²) in [6.07, 6.45) is 1.36. The Labute approximate surface area is 143 Å². The van der Waals surface area contributed by atoms with Gasteiger partial charge in [0.2, 0.25) is 0 Å². The number of nitro groups is 1. The van der Waals surface area contributed by atoms with Crippen molar-refractivity contribution in [1.29, 1.82) is 0 Å². The quantitative estimate of drug-likeness (QED) is 0.403. The van der Waals surface area contributed by atoms with E-state index in [4.69, 9.17) is 0 Å². The summed E-state index contributed by atoms with van der Waals surface area (Å²) < 4.78 is 0. The molecule has 0 spiro atoms. The molecule has 0 radical (unpaired) electrons. The van der Waals surface area contributed by atoms with Crippen molar-refractivity contribution >= 4 is 29.3 Å². The van der Waals surface area contributed by atoms with Gasteiger partial charge in [0.25, 0.3) is 17.5 Å². The third-order valence-electron chi connectivity index (χ3n) is 3.92. The molecule has 2 aromatic rings. The molecule has 7 heteroatoms. The predicted octanol–water partition coefficient (Wildman–Crippen LogP) is 2.67. The lowest BCUT2D eigenvalue weighted by Gasteiger charge is -2.14. The van der Waals surface area contributed by atoms with Crippen LogP contribution >= 0.6 is 0 Å². The van der Waals surface area contributed by atoms with Gasteiger partial charge in [-0.25, -0.2) is 5.01 Å². The number of carbonyl (C=O) groups is 2. The van der Waals surface area contributed by atoms with Gasteiger partial charge in [0.1, 0.15) is 5.57 Å². The van der Waals surface area contributed by atoms with Crippen LogP contribution in [-0.4, -0.2) is 16.7 Å². The Bertz CT molecular complexity index is 916. The van der Waals surface area contributed by atoms with Crippen molar-refractivity contribution in [2.45, 2.75) is 13.8 Å². The maximum absolute atomic E-state index is 12.5. The first kappa shape index (κ1) is 16.4. The zero-order valence-electron chi connectivity index (χ0n) is 13.6. The van der Waals surface area contributed by atoms with Gasteiger partial charge in [-0.3, -0.25) is 25.1 Å². The number of nitro benzene ring substituents is 1. The van der Waals surface area contributed by atoms with Gasteiger partial charge in [0.05, 0.1) is 10.6 Å². The Balaban J connectivity index is 1.95. The number of amides is 2. The van der Waals surface area contributed by atoms with Crippen molar-refractivity contribution in [3.05, 3.63) is 74.8 Å². The second kappa shape index (κ2) is 6.20. The SMILES string of the molecule is Cc1ccc(N2NC(=O)/C(=C\c3ccc(C)c([N+](=O)[O-])c3)C2=O)cc1. The smallest absolute Gasteiger partial charge is 0.267 e. The van der Waals surface area contributed by atoms with Crippen LogP contribution in [0.25, 0.3) is 6.08 Å². The lowest BCUT2D eigenvalue weighted by molar-refractivity contribution is -0.385. The summed E-state index contributed by atoms with van der Waals surface area (Å²) in [5.74, 6) is -1.05. The van der Waals surface area contributed by atoms with Crippen LogP contribution in [0.15, 0.2) is 48.0 Å². The summed E-state index contributed by atoms with van der Waals surface area (Å²) in [6, 6.07) is 11.7. The van der Waals surface area contributed by atoms with Crippen LogP contribution in [0.2, 0.25) is 0 Å². The van der Waals surface area contributed by atoms with E-state index in [1.54, 1.807) is 31.2 Å². The summed E-state index contributed by atoms with van der Waals surface area (Å²) >= 11 is 0. The molecule has 1 aliphatic heterocycles. The molecule has 7 nitrogen and oxygen atoms in total. The van der Waals surface area contributed by atoms with E-state index in [0.717, 1.165) is 10.6 Å². The van der Waals surface area contributed by atoms with E-state index in [1.807, 2.05) is 19.1 Å². The Morgan fingerprint density at radius 2 is 1.76 bits per heavy atom. The fourth-order valence-corrected chi connectivity index (χ4v) is 2.51. The van der Waals surface area contributed by atoms with E-state index in [1.165, 1.54) is 12.1 Å². The molecule has 1 aliphatic rings. The van der Waals surface area contributed by atoms with E-state index >= 15 is 0 Å². The molecule has 0 bridgehead atoms. The van der Waals surface area contributed by atoms with Gasteiger partial charge in [0, 0.05) is 11.6 Å². The topological polar surface area (TPSA) is 92.6 Å². The number of hydrogen-bond acceptors (Lipinski definition) is 4. The molecule has 2 aromatic carbocycles. The minimum atomic E-state index is -0.547. The molecule has 1 fully saturated rings. The standard InChI is InChI=1S/C18H15N3O4/c1-11-3-7-14(8-4-11)20-18(23)15(17(22)19-20)9-13-6-5-12(2)16(10-13)21(24)25/h3-10H,1-2H3,(H,19,22)/b15-9+. The minimum absolute atomic E-state index is 0.0596. The largest absolute Gasteiger partial charge is 0.282 e. The first-order valence-electron chi connectivity index (χ1n) is 7.55. The van der Waals surface area contributed by atoms with E-state index in [9.17, 15) is 19.7 Å². The van der Waals surface area contributed by atoms with Gasteiger partial charge in [-0.2, -0.15) is 0 Å². The van der Waals surface area contributed by atoms with Crippen molar-refractivity contribution < 1.29 is 14.5 Å². The Hall–Kier alpha value is -3.48. The third kappa shape index (κ3) is 3.12. The molecule has 1 N–H and O–H groups in total. The molecule has 0 saturated carbocycles. The molecule has 1 heterocycles. The third-order valence-corrected chi connectivity index (χ3v) is 3.92. The number of rotatable bonds is 3. The molecular formula is C18H15N3O4. The number of nitrogens with one attached hydrogen (secondary N) is 1. The van der Waals surface area contributed by atoms with Crippen molar-refractivity contribution in [2.24, 2.45) is 0 Å². The molecule has 2 amide bonds. The predicted molar refractivity (Wildman–Crippen MR) is 92.6 cm³/mol. The van der Waals surface area contributed by atoms with E-state index in [2.05, 4.69) is 5.43 Å². The zero-order valence-corrected chi connectivity index (χ0v) is 13.6. The van der Waals surface area contributed by atoms with Gasteiger partial charge in [-0.1, -0.05) is 29.8 Å². The summed E-state index contributed by atoms with van der Waals surface area (Å²) in [5.41, 5.74) is 4.87. The van der Waals surface area contributed by atoms with Crippen molar-refractivity contribution in [2.75, 3.05) is 5.01 Å². The zero-order chi connectivity index (χ0) is 18.1. The highest BCUT2D eigenvalue weighted by Gasteiger charge is 2.34. The summed E-state index contributed by atoms with van der Waals surface area (Å²) in [4.78, 5) is 35.2. The van der Waals surface area contributed by atoms with Crippen molar-refractivity contribution in [3.63, 3.8) is 0 Å². The average molecular weight is 337 g/mol. The Morgan fingerprint density at radius 3 is 2.40 bits per heavy atom. The van der Waals surface area contributed by atoms with Gasteiger partial charge in [-0.15, -0.1) is 0 Å². The number of carbonyl (C=O) groups excluding carboxylic acids is 2. The number of hydrogen-bond donors (Lipinski definition) is 1. The molecule has 0 unspecified atom stereocenters. The summed E-state index contributed by atoms with van der Waals surface area (Å²) in [7, 11) is 0. The van der Waals surface area contributed by atoms with Crippen LogP contribution in [0.5, 0.6) is 0 Å². The number of anilines is 1. The minimum Gasteiger partial charge on any atom is -0.267 e. The first-order chi connectivity index (χ1) is 11.9. The van der Waals surface area contributed by atoms with E-state index < -0.39 is 16.7 Å². The number of hydrazine groups is 1. The van der Waals surface area contributed by atoms with Crippen LogP contribution in [0.4, 0.5) is 11.4 Å². The van der Waals surface area contributed by atoms with Crippen LogP contribution in [-0.2, 0) is 9.59 Å². The second-order valence-corrected chi connectivity index (χ2v) is 5.78. The van der Waals surface area contributed by atoms with Crippen LogP contribution in [0.1, 0.15) is 16.7 Å². The number of benzene rings is 2. The molecule has 0 aliphatic carbocycles. The first-order valence-corrected chi connectivity index (χ1v) is 7.55. The number of nitrogens with zero attached hydrogens (tertiary/aromatic N) is 2. The average Bonchev–Trinajstić information content (AvgIpc) is 2.85. The van der Waals surface area contributed by atoms with Gasteiger partial charge in [-0.05, 0) is 37.6 Å². The molecule has 126 valence electrons. The van der Waals surface area contributed by atoms with Crippen LogP contribution in [0.3, 0.4) is 0 Å². The van der Waals surface area contributed by atoms with Crippen molar-refractivity contribution in [1.82, 2.24) is 5.43 Å². The lowest BCUT2D eigenvalue weighted by Crippen LogP contribution is -2.35. The number of aryl methyl sites for hydroxylation is 2. The fraction of sp³-hybridized carbons (Fsp3) is 0.111. The van der Waals surface area contributed by atoms with Gasteiger partial charge in [0.15, 0.2) is 0 Å². The molecule has 0 aromatic heterocycles. The molecule has 25 heavy (non-hydrogen) atoms. The molecule has 0 atom stereocenters. The van der Waals surface area contributed by atoms with Gasteiger partial charge < -0.3 is 0 Å². The fourth-order valence-electron chi connectivity index (χ4n) is 2.51. The monoisotopic (exact) mass is 337 g/mol. The Morgan fingerprint density at radius 1 is 1.08 bits per heavy atom. The van der Waals surface area contributed by atoms with Crippen LogP contribution < -0.4 is 10.4 Å². The maximum Gasteiger partial charge on any atom is 0.282 e. The molecule has 1 saturated heterocycles. The molecular weight excluding hydrogens is 322 g/mol. The van der Waals surface area contributed by atoms with Crippen molar-refractivity contribution in [3.8, 4) is 0 Å². The highest BCUT2D eigenvalue weighted by Crippen LogP contribution is 2.24. The molecule has 3 rings (SSSR count). The maximum atomic E-state index is 12.5. The van der Waals surface area contributed by atoms with E-state index in [0.29, 0.717) is 16.8 Å². The van der Waals surface area contributed by atoms with E-state index in [-0.39, 0.29) is 11.3 Å². The highest BCUT2D eigenvalue weighted by molar-refractivity contribution is 6.31. The Kier molecular flexibility index (Phi) is 4.06. The second-order valence-electron chi connectivity index (χ2n) is 5.78. The normalized spacial score (nSPS) is 15.6. The van der Waals surface area contributed by atoms with Crippen LogP contribution in [0, 0.1) is 24.0 Å². The highest BCUT2D eigenvalue weighted by atomic mass is 16.6.